The van der Waals surface area contributed by atoms with E-state index in [1.165, 1.54) is 17.0 Å². The third-order valence-electron chi connectivity index (χ3n) is 4.43. The maximum absolute atomic E-state index is 10.9. The van der Waals surface area contributed by atoms with Gasteiger partial charge in [-0.25, -0.2) is 9.78 Å². The first-order valence-electron chi connectivity index (χ1n) is 8.68. The third-order valence-corrected chi connectivity index (χ3v) is 5.18. The number of rotatable bonds is 5. The molecule has 1 aliphatic rings. The monoisotopic (exact) mass is 381 g/mol. The maximum Gasteiger partial charge on any atom is 0.335 e. The van der Waals surface area contributed by atoms with Gasteiger partial charge in [0.1, 0.15) is 0 Å². The van der Waals surface area contributed by atoms with E-state index in [9.17, 15) is 4.79 Å². The lowest BCUT2D eigenvalue weighted by Crippen LogP contribution is -2.36. The second-order valence-corrected chi connectivity index (χ2v) is 7.05. The van der Waals surface area contributed by atoms with Gasteiger partial charge in [0.05, 0.1) is 24.5 Å². The Labute approximate surface area is 161 Å². The molecule has 7 heteroatoms. The SMILES string of the molecule is O=C(O)c1ccc(Nc2nc(-c3ccc(N4CCOCC4)cc3)cs2)cc1. The number of morpholine rings is 1. The topological polar surface area (TPSA) is 74.7 Å². The van der Waals surface area contributed by atoms with Crippen molar-refractivity contribution in [1.82, 2.24) is 4.98 Å². The molecule has 0 saturated carbocycles. The molecule has 1 aliphatic heterocycles. The molecular formula is C20H19N3O3S. The number of thiazole rings is 1. The summed E-state index contributed by atoms with van der Waals surface area (Å²) in [7, 11) is 0. The van der Waals surface area contributed by atoms with E-state index in [0.29, 0.717) is 0 Å². The molecule has 1 saturated heterocycles. The Hall–Kier alpha value is -2.90. The van der Waals surface area contributed by atoms with E-state index < -0.39 is 5.97 Å². The molecule has 4 rings (SSSR count). The van der Waals surface area contributed by atoms with Crippen molar-refractivity contribution in [1.29, 1.82) is 0 Å². The second kappa shape index (κ2) is 7.77. The van der Waals surface area contributed by atoms with E-state index in [-0.39, 0.29) is 5.56 Å². The molecule has 1 aromatic heterocycles. The van der Waals surface area contributed by atoms with Crippen molar-refractivity contribution in [3.8, 4) is 11.3 Å². The Morgan fingerprint density at radius 2 is 1.78 bits per heavy atom. The first kappa shape index (κ1) is 17.5. The number of hydrogen-bond acceptors (Lipinski definition) is 6. The smallest absolute Gasteiger partial charge is 0.335 e. The zero-order valence-electron chi connectivity index (χ0n) is 14.6. The second-order valence-electron chi connectivity index (χ2n) is 6.19. The zero-order valence-corrected chi connectivity index (χ0v) is 15.4. The Morgan fingerprint density at radius 1 is 1.07 bits per heavy atom. The molecule has 0 aliphatic carbocycles. The summed E-state index contributed by atoms with van der Waals surface area (Å²) in [6.07, 6.45) is 0. The summed E-state index contributed by atoms with van der Waals surface area (Å²) in [6, 6.07) is 15.0. The van der Waals surface area contributed by atoms with Crippen molar-refractivity contribution in [2.45, 2.75) is 0 Å². The quantitative estimate of drug-likeness (QED) is 0.693. The molecule has 3 aromatic rings. The van der Waals surface area contributed by atoms with Crippen LogP contribution < -0.4 is 10.2 Å². The molecule has 0 bridgehead atoms. The normalized spacial score (nSPS) is 14.1. The number of nitrogens with one attached hydrogen (secondary N) is 1. The Morgan fingerprint density at radius 3 is 2.44 bits per heavy atom. The highest BCUT2D eigenvalue weighted by Crippen LogP contribution is 2.29. The molecule has 0 atom stereocenters. The molecule has 2 N–H and O–H groups in total. The van der Waals surface area contributed by atoms with Gasteiger partial charge < -0.3 is 20.1 Å². The van der Waals surface area contributed by atoms with Gasteiger partial charge in [-0.3, -0.25) is 0 Å². The molecule has 2 aromatic carbocycles. The van der Waals surface area contributed by atoms with Crippen molar-refractivity contribution < 1.29 is 14.6 Å². The van der Waals surface area contributed by atoms with Gasteiger partial charge in [-0.05, 0) is 36.4 Å². The molecule has 6 nitrogen and oxygen atoms in total. The fraction of sp³-hybridized carbons (Fsp3) is 0.200. The highest BCUT2D eigenvalue weighted by atomic mass is 32.1. The molecule has 0 amide bonds. The first-order valence-corrected chi connectivity index (χ1v) is 9.56. The summed E-state index contributed by atoms with van der Waals surface area (Å²) in [5.41, 5.74) is 4.26. The lowest BCUT2D eigenvalue weighted by molar-refractivity contribution is 0.0697. The van der Waals surface area contributed by atoms with E-state index in [0.717, 1.165) is 48.4 Å². The van der Waals surface area contributed by atoms with E-state index in [2.05, 4.69) is 39.5 Å². The van der Waals surface area contributed by atoms with Gasteiger partial charge >= 0.3 is 5.97 Å². The molecule has 0 spiro atoms. The summed E-state index contributed by atoms with van der Waals surface area (Å²) in [5.74, 6) is -0.932. The number of nitrogens with zero attached hydrogens (tertiary/aromatic N) is 2. The van der Waals surface area contributed by atoms with Crippen LogP contribution in [0.1, 0.15) is 10.4 Å². The van der Waals surface area contributed by atoms with Crippen molar-refractivity contribution in [2.24, 2.45) is 0 Å². The van der Waals surface area contributed by atoms with Crippen LogP contribution in [0.25, 0.3) is 11.3 Å². The maximum atomic E-state index is 10.9. The average molecular weight is 381 g/mol. The molecule has 27 heavy (non-hydrogen) atoms. The fourth-order valence-corrected chi connectivity index (χ4v) is 3.69. The average Bonchev–Trinajstić information content (AvgIpc) is 3.18. The number of ether oxygens (including phenoxy) is 1. The summed E-state index contributed by atoms with van der Waals surface area (Å²) in [6.45, 7) is 3.39. The van der Waals surface area contributed by atoms with Crippen molar-refractivity contribution in [3.05, 3.63) is 59.5 Å². The lowest BCUT2D eigenvalue weighted by Gasteiger charge is -2.28. The Bertz CT molecular complexity index is 916. The summed E-state index contributed by atoms with van der Waals surface area (Å²) in [5, 5.41) is 15.0. The molecule has 2 heterocycles. The van der Waals surface area contributed by atoms with Crippen LogP contribution in [0.2, 0.25) is 0 Å². The number of carboxylic acid groups (broad SMARTS) is 1. The van der Waals surface area contributed by atoms with Crippen LogP contribution in [0.3, 0.4) is 0 Å². The Balaban J connectivity index is 1.44. The summed E-state index contributed by atoms with van der Waals surface area (Å²) >= 11 is 1.52. The number of aromatic carboxylic acids is 1. The van der Waals surface area contributed by atoms with Crippen molar-refractivity contribution >= 4 is 33.8 Å². The molecule has 138 valence electrons. The number of benzene rings is 2. The van der Waals surface area contributed by atoms with Gasteiger partial charge in [0, 0.05) is 35.4 Å². The number of carbonyl (C=O) groups is 1. The minimum absolute atomic E-state index is 0.265. The molecule has 0 radical (unpaired) electrons. The number of anilines is 3. The van der Waals surface area contributed by atoms with Crippen molar-refractivity contribution in [2.75, 3.05) is 36.5 Å². The molecule has 1 fully saturated rings. The lowest BCUT2D eigenvalue weighted by atomic mass is 10.1. The first-order chi connectivity index (χ1) is 13.2. The van der Waals surface area contributed by atoms with Crippen molar-refractivity contribution in [3.63, 3.8) is 0 Å². The van der Waals surface area contributed by atoms with Gasteiger partial charge in [0.15, 0.2) is 5.13 Å². The van der Waals surface area contributed by atoms with Crippen LogP contribution in [0.5, 0.6) is 0 Å². The van der Waals surface area contributed by atoms with Crippen LogP contribution in [-0.2, 0) is 4.74 Å². The van der Waals surface area contributed by atoms with E-state index in [1.54, 1.807) is 24.3 Å². The van der Waals surface area contributed by atoms with Gasteiger partial charge in [-0.2, -0.15) is 0 Å². The predicted octanol–water partition coefficient (Wildman–Crippen LogP) is 4.09. The van der Waals surface area contributed by atoms with Crippen LogP contribution in [0.15, 0.2) is 53.9 Å². The van der Waals surface area contributed by atoms with Gasteiger partial charge in [0.25, 0.3) is 0 Å². The van der Waals surface area contributed by atoms with E-state index >= 15 is 0 Å². The van der Waals surface area contributed by atoms with Crippen LogP contribution in [-0.4, -0.2) is 42.4 Å². The number of carboxylic acids is 1. The van der Waals surface area contributed by atoms with Crippen LogP contribution >= 0.6 is 11.3 Å². The minimum atomic E-state index is -0.932. The standard InChI is InChI=1S/C20H19N3O3S/c24-19(25)15-1-5-16(6-2-15)21-20-22-18(13-27-20)14-3-7-17(8-4-14)23-9-11-26-12-10-23/h1-8,13H,9-12H2,(H,21,22)(H,24,25). The zero-order chi connectivity index (χ0) is 18.6. The Kier molecular flexibility index (Phi) is 5.04. The summed E-state index contributed by atoms with van der Waals surface area (Å²) in [4.78, 5) is 17.9. The molecular weight excluding hydrogens is 362 g/mol. The number of aromatic nitrogens is 1. The van der Waals surface area contributed by atoms with E-state index in [4.69, 9.17) is 9.84 Å². The minimum Gasteiger partial charge on any atom is -0.478 e. The summed E-state index contributed by atoms with van der Waals surface area (Å²) < 4.78 is 5.40. The van der Waals surface area contributed by atoms with Crippen LogP contribution in [0.4, 0.5) is 16.5 Å². The highest BCUT2D eigenvalue weighted by molar-refractivity contribution is 7.14. The predicted molar refractivity (Wildman–Crippen MR) is 107 cm³/mol. The molecule has 0 unspecified atom stereocenters. The van der Waals surface area contributed by atoms with Gasteiger partial charge in [0.2, 0.25) is 0 Å². The van der Waals surface area contributed by atoms with Gasteiger partial charge in [-0.15, -0.1) is 11.3 Å². The van der Waals surface area contributed by atoms with E-state index in [1.807, 2.05) is 5.38 Å². The largest absolute Gasteiger partial charge is 0.478 e. The van der Waals surface area contributed by atoms with Gasteiger partial charge in [-0.1, -0.05) is 12.1 Å². The fourth-order valence-electron chi connectivity index (χ4n) is 2.95. The van der Waals surface area contributed by atoms with Crippen LogP contribution in [0, 0.1) is 0 Å². The third kappa shape index (κ3) is 4.10. The highest BCUT2D eigenvalue weighted by Gasteiger charge is 2.12. The number of hydrogen-bond donors (Lipinski definition) is 2.